The highest BCUT2D eigenvalue weighted by atomic mass is 79.9. The molecule has 2 aromatic rings. The van der Waals surface area contributed by atoms with Gasteiger partial charge in [-0.25, -0.2) is 0 Å². The van der Waals surface area contributed by atoms with Gasteiger partial charge in [-0.2, -0.15) is 0 Å². The molecule has 1 aliphatic heterocycles. The van der Waals surface area contributed by atoms with E-state index in [-0.39, 0.29) is 12.5 Å². The summed E-state index contributed by atoms with van der Waals surface area (Å²) >= 11 is 3.42. The van der Waals surface area contributed by atoms with Crippen LogP contribution in [0.25, 0.3) is 0 Å². The predicted octanol–water partition coefficient (Wildman–Crippen LogP) is 4.09. The van der Waals surface area contributed by atoms with Gasteiger partial charge in [0.15, 0.2) is 0 Å². The van der Waals surface area contributed by atoms with Crippen LogP contribution >= 0.6 is 15.9 Å². The average Bonchev–Trinajstić information content (AvgIpc) is 2.62. The molecule has 0 unspecified atom stereocenters. The Morgan fingerprint density at radius 3 is 2.62 bits per heavy atom. The Kier molecular flexibility index (Phi) is 5.53. The maximum Gasteiger partial charge on any atom is 0.257 e. The van der Waals surface area contributed by atoms with Crippen molar-refractivity contribution >= 4 is 21.8 Å². The van der Waals surface area contributed by atoms with Crippen molar-refractivity contribution in [3.63, 3.8) is 0 Å². The van der Waals surface area contributed by atoms with Gasteiger partial charge in [-0.1, -0.05) is 34.1 Å². The molecule has 4 nitrogen and oxygen atoms in total. The number of halogens is 1. The quantitative estimate of drug-likeness (QED) is 0.856. The number of carbonyl (C=O) groups excluding carboxylic acids is 1. The van der Waals surface area contributed by atoms with Crippen molar-refractivity contribution in [2.45, 2.75) is 12.8 Å². The first-order valence-electron chi connectivity index (χ1n) is 8.10. The number of aliphatic hydroxyl groups is 1. The molecule has 1 saturated heterocycles. The molecule has 0 aliphatic carbocycles. The molecule has 0 radical (unpaired) electrons. The summed E-state index contributed by atoms with van der Waals surface area (Å²) in [5.74, 6) is 1.53. The van der Waals surface area contributed by atoms with Gasteiger partial charge >= 0.3 is 0 Å². The molecular formula is C19H20BrNO3. The second kappa shape index (κ2) is 7.81. The number of ether oxygens (including phenoxy) is 1. The highest BCUT2D eigenvalue weighted by Gasteiger charge is 2.25. The minimum atomic E-state index is -0.0167. The molecule has 0 bridgehead atoms. The van der Waals surface area contributed by atoms with Crippen molar-refractivity contribution in [1.82, 2.24) is 4.90 Å². The van der Waals surface area contributed by atoms with E-state index in [0.717, 1.165) is 17.3 Å². The molecule has 0 aromatic heterocycles. The average molecular weight is 390 g/mol. The number of nitrogens with zero attached hydrogens (tertiary/aromatic N) is 1. The van der Waals surface area contributed by atoms with Crippen LogP contribution in [0, 0.1) is 5.92 Å². The first-order valence-corrected chi connectivity index (χ1v) is 8.89. The second-order valence-electron chi connectivity index (χ2n) is 5.97. The summed E-state index contributed by atoms with van der Waals surface area (Å²) in [6.07, 6.45) is 1.69. The second-order valence-corrected chi connectivity index (χ2v) is 6.89. The summed E-state index contributed by atoms with van der Waals surface area (Å²) in [6.45, 7) is 1.55. The van der Waals surface area contributed by atoms with Crippen molar-refractivity contribution in [3.05, 3.63) is 58.6 Å². The van der Waals surface area contributed by atoms with E-state index >= 15 is 0 Å². The topological polar surface area (TPSA) is 49.8 Å². The third-order valence-corrected chi connectivity index (χ3v) is 4.79. The molecule has 1 amide bonds. The maximum absolute atomic E-state index is 12.8. The van der Waals surface area contributed by atoms with Crippen LogP contribution in [0.5, 0.6) is 11.5 Å². The molecule has 1 fully saturated rings. The zero-order chi connectivity index (χ0) is 16.9. The predicted molar refractivity (Wildman–Crippen MR) is 96.4 cm³/mol. The molecule has 3 rings (SSSR count). The van der Waals surface area contributed by atoms with Crippen LogP contribution in [0.3, 0.4) is 0 Å². The van der Waals surface area contributed by atoms with E-state index in [1.807, 2.05) is 47.4 Å². The lowest BCUT2D eigenvalue weighted by molar-refractivity contribution is 0.0648. The minimum absolute atomic E-state index is 0.0167. The van der Waals surface area contributed by atoms with Gasteiger partial charge in [0.05, 0.1) is 5.56 Å². The Morgan fingerprint density at radius 1 is 1.17 bits per heavy atom. The first-order chi connectivity index (χ1) is 11.7. The number of hydrogen-bond acceptors (Lipinski definition) is 3. The molecule has 1 aliphatic rings. The number of hydrogen-bond donors (Lipinski definition) is 1. The lowest BCUT2D eigenvalue weighted by Gasteiger charge is -2.31. The molecule has 24 heavy (non-hydrogen) atoms. The summed E-state index contributed by atoms with van der Waals surface area (Å²) in [4.78, 5) is 14.7. The van der Waals surface area contributed by atoms with Gasteiger partial charge in [-0.3, -0.25) is 4.79 Å². The molecule has 1 heterocycles. The van der Waals surface area contributed by atoms with E-state index < -0.39 is 0 Å². The Balaban J connectivity index is 1.77. The Labute approximate surface area is 150 Å². The molecule has 0 atom stereocenters. The van der Waals surface area contributed by atoms with Crippen LogP contribution in [0.1, 0.15) is 23.2 Å². The number of aliphatic hydroxyl groups excluding tert-OH is 1. The molecule has 0 spiro atoms. The first kappa shape index (κ1) is 17.0. The zero-order valence-corrected chi connectivity index (χ0v) is 14.9. The smallest absolute Gasteiger partial charge is 0.257 e. The van der Waals surface area contributed by atoms with Gasteiger partial charge in [0.25, 0.3) is 5.91 Å². The largest absolute Gasteiger partial charge is 0.456 e. The lowest BCUT2D eigenvalue weighted by Crippen LogP contribution is -2.39. The summed E-state index contributed by atoms with van der Waals surface area (Å²) in [5, 5.41) is 9.24. The van der Waals surface area contributed by atoms with Gasteiger partial charge < -0.3 is 14.7 Å². The fraction of sp³-hybridized carbons (Fsp3) is 0.316. The Bertz CT molecular complexity index is 711. The molecule has 2 aromatic carbocycles. The molecule has 1 N–H and O–H groups in total. The van der Waals surface area contributed by atoms with Gasteiger partial charge in [0.1, 0.15) is 11.5 Å². The normalized spacial score (nSPS) is 15.3. The van der Waals surface area contributed by atoms with E-state index in [4.69, 9.17) is 4.74 Å². The number of amides is 1. The molecule has 0 saturated carbocycles. The monoisotopic (exact) mass is 389 g/mol. The number of likely N-dealkylation sites (tertiary alicyclic amines) is 1. The summed E-state index contributed by atoms with van der Waals surface area (Å²) in [6, 6.07) is 14.9. The van der Waals surface area contributed by atoms with Gasteiger partial charge in [-0.05, 0) is 49.1 Å². The standard InChI is InChI=1S/C19H20BrNO3/c20-15-4-3-5-16(12-15)24-18-7-2-1-6-17(18)19(23)21-10-8-14(13-22)9-11-21/h1-7,12,14,22H,8-11,13H2. The Hall–Kier alpha value is -1.85. The molecular weight excluding hydrogens is 370 g/mol. The van der Waals surface area contributed by atoms with E-state index in [2.05, 4.69) is 15.9 Å². The number of piperidine rings is 1. The molecule has 126 valence electrons. The van der Waals surface area contributed by atoms with Crippen molar-refractivity contribution < 1.29 is 14.6 Å². The highest BCUT2D eigenvalue weighted by molar-refractivity contribution is 9.10. The lowest BCUT2D eigenvalue weighted by atomic mass is 9.97. The summed E-state index contributed by atoms with van der Waals surface area (Å²) in [5.41, 5.74) is 0.569. The fourth-order valence-corrected chi connectivity index (χ4v) is 3.26. The van der Waals surface area contributed by atoms with Crippen LogP contribution < -0.4 is 4.74 Å². The summed E-state index contributed by atoms with van der Waals surface area (Å²) < 4.78 is 6.85. The van der Waals surface area contributed by atoms with Crippen LogP contribution in [-0.4, -0.2) is 35.6 Å². The van der Waals surface area contributed by atoms with E-state index in [1.54, 1.807) is 6.07 Å². The van der Waals surface area contributed by atoms with Gasteiger partial charge in [-0.15, -0.1) is 0 Å². The van der Waals surface area contributed by atoms with Gasteiger partial charge in [0, 0.05) is 24.2 Å². The third-order valence-electron chi connectivity index (χ3n) is 4.30. The summed E-state index contributed by atoms with van der Waals surface area (Å²) in [7, 11) is 0. The highest BCUT2D eigenvalue weighted by Crippen LogP contribution is 2.29. The van der Waals surface area contributed by atoms with Gasteiger partial charge in [0.2, 0.25) is 0 Å². The van der Waals surface area contributed by atoms with Crippen molar-refractivity contribution in [3.8, 4) is 11.5 Å². The number of rotatable bonds is 4. The van der Waals surface area contributed by atoms with Crippen LogP contribution in [0.2, 0.25) is 0 Å². The maximum atomic E-state index is 12.8. The third kappa shape index (κ3) is 3.97. The minimum Gasteiger partial charge on any atom is -0.456 e. The SMILES string of the molecule is O=C(c1ccccc1Oc1cccc(Br)c1)N1CCC(CO)CC1. The number of para-hydroxylation sites is 1. The van der Waals surface area contributed by atoms with E-state index in [9.17, 15) is 9.90 Å². The van der Waals surface area contributed by atoms with Crippen LogP contribution in [-0.2, 0) is 0 Å². The van der Waals surface area contributed by atoms with Crippen LogP contribution in [0.4, 0.5) is 0 Å². The van der Waals surface area contributed by atoms with Crippen molar-refractivity contribution in [1.29, 1.82) is 0 Å². The van der Waals surface area contributed by atoms with E-state index in [1.165, 1.54) is 0 Å². The van der Waals surface area contributed by atoms with Crippen molar-refractivity contribution in [2.24, 2.45) is 5.92 Å². The number of benzene rings is 2. The number of carbonyl (C=O) groups is 1. The van der Waals surface area contributed by atoms with Crippen LogP contribution in [0.15, 0.2) is 53.0 Å². The molecule has 5 heteroatoms. The fourth-order valence-electron chi connectivity index (χ4n) is 2.88. The van der Waals surface area contributed by atoms with E-state index in [0.29, 0.717) is 36.1 Å². The zero-order valence-electron chi connectivity index (χ0n) is 13.3. The Morgan fingerprint density at radius 2 is 1.92 bits per heavy atom. The van der Waals surface area contributed by atoms with Crippen molar-refractivity contribution in [2.75, 3.05) is 19.7 Å².